The third-order valence-electron chi connectivity index (χ3n) is 2.67. The summed E-state index contributed by atoms with van der Waals surface area (Å²) in [6, 6.07) is 19.3. The molecule has 0 amide bonds. The third-order valence-corrected chi connectivity index (χ3v) is 2.84. The van der Waals surface area contributed by atoms with E-state index in [1.165, 1.54) is 0 Å². The number of hydrogen-bond acceptors (Lipinski definition) is 5. The number of anilines is 4. The number of halogens is 1. The van der Waals surface area contributed by atoms with Crippen LogP contribution in [-0.2, 0) is 0 Å². The molecule has 3 rings (SSSR count). The molecule has 6 heteroatoms. The van der Waals surface area contributed by atoms with E-state index in [-0.39, 0.29) is 5.28 Å². The molecule has 0 aliphatic heterocycles. The largest absolute Gasteiger partial charge is 0.324 e. The molecule has 0 aliphatic rings. The van der Waals surface area contributed by atoms with Crippen LogP contribution in [0.5, 0.6) is 0 Å². The average molecular weight is 358 g/mol. The van der Waals surface area contributed by atoms with E-state index >= 15 is 0 Å². The van der Waals surface area contributed by atoms with Gasteiger partial charge in [0.2, 0.25) is 17.2 Å². The highest BCUT2D eigenvalue weighted by Gasteiger charge is 2.05. The van der Waals surface area contributed by atoms with Gasteiger partial charge in [-0.2, -0.15) is 15.0 Å². The van der Waals surface area contributed by atoms with E-state index in [1.54, 1.807) is 0 Å². The first-order valence-corrected chi connectivity index (χ1v) is 8.73. The Morgan fingerprint density at radius 3 is 1.32 bits per heavy atom. The number of aromatic nitrogens is 3. The maximum absolute atomic E-state index is 5.94. The van der Waals surface area contributed by atoms with Crippen molar-refractivity contribution in [2.24, 2.45) is 0 Å². The molecule has 0 saturated heterocycles. The lowest BCUT2D eigenvalue weighted by Crippen LogP contribution is -2.03. The predicted molar refractivity (Wildman–Crippen MR) is 107 cm³/mol. The molecule has 2 N–H and O–H groups in total. The van der Waals surface area contributed by atoms with Crippen molar-refractivity contribution in [2.45, 2.75) is 27.7 Å². The Labute approximate surface area is 154 Å². The van der Waals surface area contributed by atoms with Gasteiger partial charge in [-0.15, -0.1) is 0 Å². The zero-order chi connectivity index (χ0) is 18.5. The van der Waals surface area contributed by atoms with Crippen molar-refractivity contribution in [1.29, 1.82) is 0 Å². The molecule has 0 bridgehead atoms. The van der Waals surface area contributed by atoms with Gasteiger partial charge in [0.15, 0.2) is 0 Å². The molecule has 0 fully saturated rings. The summed E-state index contributed by atoms with van der Waals surface area (Å²) in [5, 5.41) is 6.30. The monoisotopic (exact) mass is 357 g/mol. The van der Waals surface area contributed by atoms with Crippen molar-refractivity contribution in [2.75, 3.05) is 10.6 Å². The Kier molecular flexibility index (Phi) is 9.63. The Balaban J connectivity index is 0.000000730. The summed E-state index contributed by atoms with van der Waals surface area (Å²) in [6.45, 7) is 8.00. The maximum Gasteiger partial charge on any atom is 0.233 e. The summed E-state index contributed by atoms with van der Waals surface area (Å²) in [5.41, 5.74) is 1.76. The molecule has 25 heavy (non-hydrogen) atoms. The van der Waals surface area contributed by atoms with E-state index in [1.807, 2.05) is 88.4 Å². The van der Waals surface area contributed by atoms with Crippen LogP contribution in [0.4, 0.5) is 23.3 Å². The highest BCUT2D eigenvalue weighted by Crippen LogP contribution is 2.18. The van der Waals surface area contributed by atoms with Gasteiger partial charge in [0.05, 0.1) is 0 Å². The average Bonchev–Trinajstić information content (AvgIpc) is 2.66. The maximum atomic E-state index is 5.94. The Bertz CT molecular complexity index is 661. The molecule has 5 nitrogen and oxygen atoms in total. The third kappa shape index (κ3) is 7.18. The summed E-state index contributed by atoms with van der Waals surface area (Å²) in [4.78, 5) is 12.4. The van der Waals surface area contributed by atoms with Crippen LogP contribution in [0.25, 0.3) is 0 Å². The van der Waals surface area contributed by atoms with E-state index in [4.69, 9.17) is 11.6 Å². The molecule has 0 radical (unpaired) electrons. The molecule has 0 saturated carbocycles. The van der Waals surface area contributed by atoms with Gasteiger partial charge in [0, 0.05) is 11.4 Å². The molecule has 1 heterocycles. The lowest BCUT2D eigenvalue weighted by Gasteiger charge is -2.08. The minimum Gasteiger partial charge on any atom is -0.324 e. The van der Waals surface area contributed by atoms with Crippen molar-refractivity contribution in [3.63, 3.8) is 0 Å². The number of rotatable bonds is 4. The fraction of sp³-hybridized carbons (Fsp3) is 0.211. The van der Waals surface area contributed by atoms with E-state index in [0.29, 0.717) is 11.9 Å². The van der Waals surface area contributed by atoms with E-state index < -0.39 is 0 Å². The van der Waals surface area contributed by atoms with Gasteiger partial charge in [0.1, 0.15) is 0 Å². The summed E-state index contributed by atoms with van der Waals surface area (Å²) < 4.78 is 0. The van der Waals surface area contributed by atoms with Gasteiger partial charge >= 0.3 is 0 Å². The van der Waals surface area contributed by atoms with Gasteiger partial charge in [-0.1, -0.05) is 64.1 Å². The van der Waals surface area contributed by atoms with Gasteiger partial charge < -0.3 is 10.6 Å². The molecule has 0 atom stereocenters. The molecule has 0 unspecified atom stereocenters. The topological polar surface area (TPSA) is 62.7 Å². The second-order valence-corrected chi connectivity index (χ2v) is 4.57. The minimum absolute atomic E-state index is 0.127. The zero-order valence-corrected chi connectivity index (χ0v) is 15.7. The number of para-hydroxylation sites is 2. The van der Waals surface area contributed by atoms with Crippen LogP contribution in [0, 0.1) is 0 Å². The number of hydrogen-bond donors (Lipinski definition) is 2. The van der Waals surface area contributed by atoms with Crippen molar-refractivity contribution in [3.8, 4) is 0 Å². The first-order chi connectivity index (χ1) is 12.3. The SMILES string of the molecule is CC.CC.Clc1nc(Nc2ccccc2)nc(Nc2ccccc2)n1. The molecule has 1 aromatic heterocycles. The van der Waals surface area contributed by atoms with Gasteiger partial charge in [-0.05, 0) is 35.9 Å². The molecule has 2 aromatic carbocycles. The highest BCUT2D eigenvalue weighted by molar-refractivity contribution is 6.28. The van der Waals surface area contributed by atoms with Crippen LogP contribution >= 0.6 is 11.6 Å². The number of benzene rings is 2. The fourth-order valence-corrected chi connectivity index (χ4v) is 1.92. The minimum atomic E-state index is 0.127. The second kappa shape index (κ2) is 11.8. The molecular weight excluding hydrogens is 334 g/mol. The Morgan fingerprint density at radius 1 is 0.600 bits per heavy atom. The van der Waals surface area contributed by atoms with Crippen molar-refractivity contribution < 1.29 is 0 Å². The van der Waals surface area contributed by atoms with Gasteiger partial charge in [0.25, 0.3) is 0 Å². The normalized spacial score (nSPS) is 9.00. The smallest absolute Gasteiger partial charge is 0.233 e. The first-order valence-electron chi connectivity index (χ1n) is 8.35. The van der Waals surface area contributed by atoms with Crippen molar-refractivity contribution >= 4 is 34.9 Å². The lowest BCUT2D eigenvalue weighted by molar-refractivity contribution is 1.06. The lowest BCUT2D eigenvalue weighted by atomic mass is 10.3. The summed E-state index contributed by atoms with van der Waals surface area (Å²) in [5.74, 6) is 0.777. The summed E-state index contributed by atoms with van der Waals surface area (Å²) in [7, 11) is 0. The quantitative estimate of drug-likeness (QED) is 0.593. The summed E-state index contributed by atoms with van der Waals surface area (Å²) >= 11 is 5.94. The fourth-order valence-electron chi connectivity index (χ4n) is 1.76. The van der Waals surface area contributed by atoms with Crippen LogP contribution in [-0.4, -0.2) is 15.0 Å². The molecule has 0 aliphatic carbocycles. The molecular formula is C19H24ClN5. The van der Waals surface area contributed by atoms with Crippen molar-refractivity contribution in [1.82, 2.24) is 15.0 Å². The number of nitrogens with one attached hydrogen (secondary N) is 2. The standard InChI is InChI=1S/C15H12ClN5.2C2H6/c16-13-19-14(17-11-7-3-1-4-8-11)21-15(20-13)18-12-9-5-2-6-10-12;2*1-2/h1-10H,(H2,17,18,19,20,21);2*1-2H3. The summed E-state index contributed by atoms with van der Waals surface area (Å²) in [6.07, 6.45) is 0. The molecule has 0 spiro atoms. The first kappa shape index (κ1) is 20.4. The van der Waals surface area contributed by atoms with Crippen LogP contribution in [0.3, 0.4) is 0 Å². The number of nitrogens with zero attached hydrogens (tertiary/aromatic N) is 3. The predicted octanol–water partition coefficient (Wildman–Crippen LogP) is 6.06. The Morgan fingerprint density at radius 2 is 0.960 bits per heavy atom. The van der Waals surface area contributed by atoms with Crippen LogP contribution in [0.1, 0.15) is 27.7 Å². The van der Waals surface area contributed by atoms with Crippen LogP contribution < -0.4 is 10.6 Å². The zero-order valence-electron chi connectivity index (χ0n) is 15.0. The molecule has 3 aromatic rings. The van der Waals surface area contributed by atoms with E-state index in [0.717, 1.165) is 11.4 Å². The van der Waals surface area contributed by atoms with Gasteiger partial charge in [-0.3, -0.25) is 0 Å². The molecule has 132 valence electrons. The van der Waals surface area contributed by atoms with Crippen LogP contribution in [0.15, 0.2) is 60.7 Å². The van der Waals surface area contributed by atoms with E-state index in [9.17, 15) is 0 Å². The van der Waals surface area contributed by atoms with Crippen LogP contribution in [0.2, 0.25) is 5.28 Å². The Hall–Kier alpha value is -2.66. The second-order valence-electron chi connectivity index (χ2n) is 4.23. The van der Waals surface area contributed by atoms with E-state index in [2.05, 4.69) is 25.6 Å². The van der Waals surface area contributed by atoms with Crippen molar-refractivity contribution in [3.05, 3.63) is 65.9 Å². The van der Waals surface area contributed by atoms with Gasteiger partial charge in [-0.25, -0.2) is 0 Å². The highest BCUT2D eigenvalue weighted by atomic mass is 35.5.